The third kappa shape index (κ3) is 5.95. The summed E-state index contributed by atoms with van der Waals surface area (Å²) in [5.41, 5.74) is 6.06. The van der Waals surface area contributed by atoms with Crippen LogP contribution in [0.1, 0.15) is 23.6 Å². The lowest BCUT2D eigenvalue weighted by Crippen LogP contribution is -2.18. The Morgan fingerprint density at radius 1 is 0.929 bits per heavy atom. The van der Waals surface area contributed by atoms with Crippen LogP contribution in [0.2, 0.25) is 0 Å². The van der Waals surface area contributed by atoms with Gasteiger partial charge in [0.05, 0.1) is 6.21 Å². The van der Waals surface area contributed by atoms with E-state index in [0.29, 0.717) is 12.2 Å². The number of benzene rings is 3. The second-order valence-electron chi connectivity index (χ2n) is 6.28. The van der Waals surface area contributed by atoms with Crippen molar-refractivity contribution in [2.75, 3.05) is 0 Å². The fourth-order valence-electron chi connectivity index (χ4n) is 2.54. The molecule has 0 radical (unpaired) electrons. The minimum absolute atomic E-state index is 0.239. The van der Waals surface area contributed by atoms with Crippen LogP contribution in [0.3, 0.4) is 0 Å². The lowest BCUT2D eigenvalue weighted by Gasteiger charge is -2.06. The lowest BCUT2D eigenvalue weighted by molar-refractivity contribution is -0.117. The zero-order chi connectivity index (χ0) is 19.6. The van der Waals surface area contributed by atoms with Gasteiger partial charge in [0.15, 0.2) is 0 Å². The quantitative estimate of drug-likeness (QED) is 0.368. The monoisotopic (exact) mass is 370 g/mol. The van der Waals surface area contributed by atoms with Gasteiger partial charge >= 0.3 is 0 Å². The van der Waals surface area contributed by atoms with Crippen LogP contribution in [-0.4, -0.2) is 12.1 Å². The summed E-state index contributed by atoms with van der Waals surface area (Å²) in [7, 11) is 0. The number of nitrogens with zero attached hydrogens (tertiary/aromatic N) is 1. The van der Waals surface area contributed by atoms with Gasteiger partial charge in [-0.15, -0.1) is 0 Å². The first kappa shape index (κ1) is 19.1. The van der Waals surface area contributed by atoms with E-state index in [9.17, 15) is 4.79 Å². The van der Waals surface area contributed by atoms with Gasteiger partial charge in [-0.1, -0.05) is 72.8 Å². The van der Waals surface area contributed by atoms with Crippen molar-refractivity contribution in [3.63, 3.8) is 0 Å². The van der Waals surface area contributed by atoms with Gasteiger partial charge in [-0.2, -0.15) is 5.10 Å². The molecule has 140 valence electrons. The molecule has 0 aromatic heterocycles. The van der Waals surface area contributed by atoms with Crippen molar-refractivity contribution in [3.8, 4) is 5.75 Å². The number of hydrazone groups is 1. The molecule has 28 heavy (non-hydrogen) atoms. The SMILES string of the molecule is CC(=Cc1ccccc1)C(=O)NN=Cc1cccc(OCc2ccccc2)c1. The molecule has 0 unspecified atom stereocenters. The first-order valence-corrected chi connectivity index (χ1v) is 9.04. The van der Waals surface area contributed by atoms with Crippen LogP contribution in [0.25, 0.3) is 6.08 Å². The van der Waals surface area contributed by atoms with Crippen molar-refractivity contribution in [3.05, 3.63) is 107 Å². The Morgan fingerprint density at radius 3 is 2.36 bits per heavy atom. The molecule has 0 heterocycles. The minimum atomic E-state index is -0.239. The highest BCUT2D eigenvalue weighted by molar-refractivity contribution is 5.97. The molecule has 0 aliphatic rings. The van der Waals surface area contributed by atoms with Gasteiger partial charge < -0.3 is 4.74 Å². The zero-order valence-electron chi connectivity index (χ0n) is 15.7. The molecule has 0 bridgehead atoms. The van der Waals surface area contributed by atoms with E-state index in [1.54, 1.807) is 13.1 Å². The van der Waals surface area contributed by atoms with Gasteiger partial charge in [-0.05, 0) is 41.8 Å². The van der Waals surface area contributed by atoms with E-state index >= 15 is 0 Å². The van der Waals surface area contributed by atoms with Crippen molar-refractivity contribution >= 4 is 18.2 Å². The topological polar surface area (TPSA) is 50.7 Å². The van der Waals surface area contributed by atoms with E-state index in [1.807, 2.05) is 91.0 Å². The highest BCUT2D eigenvalue weighted by Crippen LogP contribution is 2.14. The number of rotatable bonds is 7. The highest BCUT2D eigenvalue weighted by Gasteiger charge is 2.02. The summed E-state index contributed by atoms with van der Waals surface area (Å²) in [4.78, 5) is 12.1. The first-order valence-electron chi connectivity index (χ1n) is 9.04. The van der Waals surface area contributed by atoms with E-state index in [4.69, 9.17) is 4.74 Å². The Balaban J connectivity index is 1.55. The maximum Gasteiger partial charge on any atom is 0.267 e. The van der Waals surface area contributed by atoms with E-state index in [-0.39, 0.29) is 5.91 Å². The second kappa shape index (κ2) is 9.88. The first-order chi connectivity index (χ1) is 13.7. The molecule has 0 saturated carbocycles. The predicted molar refractivity (Wildman–Crippen MR) is 113 cm³/mol. The fraction of sp³-hybridized carbons (Fsp3) is 0.0833. The fourth-order valence-corrected chi connectivity index (χ4v) is 2.54. The molecule has 3 rings (SSSR count). The Morgan fingerprint density at radius 2 is 1.61 bits per heavy atom. The number of hydrogen-bond acceptors (Lipinski definition) is 3. The highest BCUT2D eigenvalue weighted by atomic mass is 16.5. The standard InChI is InChI=1S/C24H22N2O2/c1-19(15-20-9-4-2-5-10-20)24(27)26-25-17-22-13-8-14-23(16-22)28-18-21-11-6-3-7-12-21/h2-17H,18H2,1H3,(H,26,27). The van der Waals surface area contributed by atoms with Gasteiger partial charge in [0.1, 0.15) is 12.4 Å². The van der Waals surface area contributed by atoms with E-state index in [2.05, 4.69) is 10.5 Å². The summed E-state index contributed by atoms with van der Waals surface area (Å²) in [6.07, 6.45) is 3.42. The molecule has 0 aliphatic carbocycles. The molecule has 3 aromatic rings. The third-order valence-corrected chi connectivity index (χ3v) is 4.03. The molecule has 0 aliphatic heterocycles. The molecule has 0 fully saturated rings. The van der Waals surface area contributed by atoms with Crippen molar-refractivity contribution in [1.82, 2.24) is 5.43 Å². The van der Waals surface area contributed by atoms with Crippen LogP contribution >= 0.6 is 0 Å². The van der Waals surface area contributed by atoms with Gasteiger partial charge in [-0.25, -0.2) is 5.43 Å². The van der Waals surface area contributed by atoms with Gasteiger partial charge in [0.2, 0.25) is 0 Å². The molecule has 0 saturated heterocycles. The molecule has 3 aromatic carbocycles. The van der Waals surface area contributed by atoms with E-state index in [0.717, 1.165) is 22.4 Å². The normalized spacial score (nSPS) is 11.4. The third-order valence-electron chi connectivity index (χ3n) is 4.03. The van der Waals surface area contributed by atoms with Crippen LogP contribution in [0.15, 0.2) is 95.6 Å². The summed E-state index contributed by atoms with van der Waals surface area (Å²) in [5.74, 6) is 0.510. The number of carbonyl (C=O) groups excluding carboxylic acids is 1. The number of hydrogen-bond donors (Lipinski definition) is 1. The van der Waals surface area contributed by atoms with Gasteiger partial charge in [-0.3, -0.25) is 4.79 Å². The van der Waals surface area contributed by atoms with Crippen LogP contribution in [0, 0.1) is 0 Å². The van der Waals surface area contributed by atoms with Crippen LogP contribution < -0.4 is 10.2 Å². The number of ether oxygens (including phenoxy) is 1. The Labute approximate surface area is 165 Å². The smallest absolute Gasteiger partial charge is 0.267 e. The predicted octanol–water partition coefficient (Wildman–Crippen LogP) is 4.82. The summed E-state index contributed by atoms with van der Waals surface area (Å²) >= 11 is 0. The summed E-state index contributed by atoms with van der Waals surface area (Å²) < 4.78 is 5.81. The minimum Gasteiger partial charge on any atom is -0.489 e. The molecule has 0 atom stereocenters. The average Bonchev–Trinajstić information content (AvgIpc) is 2.74. The maximum atomic E-state index is 12.1. The summed E-state index contributed by atoms with van der Waals surface area (Å²) in [6, 6.07) is 27.3. The zero-order valence-corrected chi connectivity index (χ0v) is 15.7. The lowest BCUT2D eigenvalue weighted by atomic mass is 10.1. The Hall–Kier alpha value is -3.66. The van der Waals surface area contributed by atoms with Crippen LogP contribution in [0.4, 0.5) is 0 Å². The maximum absolute atomic E-state index is 12.1. The van der Waals surface area contributed by atoms with E-state index < -0.39 is 0 Å². The van der Waals surface area contributed by atoms with Crippen LogP contribution in [-0.2, 0) is 11.4 Å². The molecular weight excluding hydrogens is 348 g/mol. The molecule has 1 N–H and O–H groups in total. The largest absolute Gasteiger partial charge is 0.489 e. The van der Waals surface area contributed by atoms with Crippen molar-refractivity contribution in [2.24, 2.45) is 5.10 Å². The summed E-state index contributed by atoms with van der Waals surface area (Å²) in [5, 5.41) is 4.04. The number of amides is 1. The molecule has 0 spiro atoms. The molecule has 1 amide bonds. The van der Waals surface area contributed by atoms with E-state index in [1.165, 1.54) is 0 Å². The Bertz CT molecular complexity index is 964. The summed E-state index contributed by atoms with van der Waals surface area (Å²) in [6.45, 7) is 2.26. The van der Waals surface area contributed by atoms with Crippen molar-refractivity contribution < 1.29 is 9.53 Å². The van der Waals surface area contributed by atoms with Gasteiger partial charge in [0, 0.05) is 5.57 Å². The van der Waals surface area contributed by atoms with Gasteiger partial charge in [0.25, 0.3) is 5.91 Å². The average molecular weight is 370 g/mol. The van der Waals surface area contributed by atoms with Crippen molar-refractivity contribution in [1.29, 1.82) is 0 Å². The number of carbonyl (C=O) groups is 1. The number of nitrogens with one attached hydrogen (secondary N) is 1. The van der Waals surface area contributed by atoms with Crippen molar-refractivity contribution in [2.45, 2.75) is 13.5 Å². The van der Waals surface area contributed by atoms with Crippen LogP contribution in [0.5, 0.6) is 5.75 Å². The second-order valence-corrected chi connectivity index (χ2v) is 6.28. The molecule has 4 heteroatoms. The molecular formula is C24H22N2O2. The molecule has 4 nitrogen and oxygen atoms in total. The Kier molecular flexibility index (Phi) is 6.74.